The molecule has 2 saturated heterocycles. The van der Waals surface area contributed by atoms with Crippen LogP contribution in [0.4, 0.5) is 0 Å². The second-order valence-electron chi connectivity index (χ2n) is 6.53. The lowest BCUT2D eigenvalue weighted by atomic mass is 9.94. The Morgan fingerprint density at radius 2 is 1.83 bits per heavy atom. The Kier molecular flexibility index (Phi) is 3.54. The molecular formula is C17H21NO5. The molecule has 6 nitrogen and oxygen atoms in total. The van der Waals surface area contributed by atoms with E-state index in [9.17, 15) is 9.59 Å². The second-order valence-corrected chi connectivity index (χ2v) is 6.53. The Morgan fingerprint density at radius 1 is 1.13 bits per heavy atom. The Balaban J connectivity index is 1.53. The Labute approximate surface area is 134 Å². The number of aryl methyl sites for hydroxylation is 1. The second kappa shape index (κ2) is 5.46. The largest absolute Gasteiger partial charge is 0.455 e. The van der Waals surface area contributed by atoms with E-state index in [2.05, 4.69) is 0 Å². The number of nitrogens with zero attached hydrogens (tertiary/aromatic N) is 1. The van der Waals surface area contributed by atoms with E-state index in [1.54, 1.807) is 4.90 Å². The minimum Gasteiger partial charge on any atom is -0.455 e. The lowest BCUT2D eigenvalue weighted by Gasteiger charge is -2.37. The highest BCUT2D eigenvalue weighted by molar-refractivity contribution is 6.03. The highest BCUT2D eigenvalue weighted by Crippen LogP contribution is 2.34. The van der Waals surface area contributed by atoms with Crippen LogP contribution in [0.15, 0.2) is 4.42 Å². The van der Waals surface area contributed by atoms with Gasteiger partial charge in [-0.3, -0.25) is 9.59 Å². The van der Waals surface area contributed by atoms with Gasteiger partial charge in [-0.15, -0.1) is 0 Å². The van der Waals surface area contributed by atoms with Crippen LogP contribution < -0.4 is 0 Å². The van der Waals surface area contributed by atoms with Gasteiger partial charge in [0.25, 0.3) is 5.91 Å². The molecule has 4 rings (SSSR count). The van der Waals surface area contributed by atoms with Gasteiger partial charge >= 0.3 is 0 Å². The SMILES string of the molecule is Cc1c(C(=O)N2CCC3(CC2)OCCO3)oc2c1C(=O)CCC2. The molecule has 3 aliphatic rings. The Bertz CT molecular complexity index is 646. The van der Waals surface area contributed by atoms with Gasteiger partial charge in [0.1, 0.15) is 5.76 Å². The molecule has 0 unspecified atom stereocenters. The Hall–Kier alpha value is -1.66. The van der Waals surface area contributed by atoms with Crippen molar-refractivity contribution in [2.24, 2.45) is 0 Å². The maximum absolute atomic E-state index is 12.8. The van der Waals surface area contributed by atoms with E-state index in [4.69, 9.17) is 13.9 Å². The summed E-state index contributed by atoms with van der Waals surface area (Å²) in [4.78, 5) is 26.6. The fourth-order valence-corrected chi connectivity index (χ4v) is 3.83. The summed E-state index contributed by atoms with van der Waals surface area (Å²) in [7, 11) is 0. The minimum absolute atomic E-state index is 0.0944. The van der Waals surface area contributed by atoms with Crippen molar-refractivity contribution in [2.75, 3.05) is 26.3 Å². The van der Waals surface area contributed by atoms with E-state index < -0.39 is 5.79 Å². The van der Waals surface area contributed by atoms with Crippen molar-refractivity contribution >= 4 is 11.7 Å². The maximum Gasteiger partial charge on any atom is 0.289 e. The van der Waals surface area contributed by atoms with E-state index in [0.717, 1.165) is 12.8 Å². The smallest absolute Gasteiger partial charge is 0.289 e. The molecule has 2 aliphatic heterocycles. The number of fused-ring (bicyclic) bond motifs is 1. The van der Waals surface area contributed by atoms with Crippen molar-refractivity contribution in [3.63, 3.8) is 0 Å². The monoisotopic (exact) mass is 319 g/mol. The number of ketones is 1. The van der Waals surface area contributed by atoms with Crippen molar-refractivity contribution in [1.29, 1.82) is 0 Å². The zero-order valence-electron chi connectivity index (χ0n) is 13.4. The highest BCUT2D eigenvalue weighted by atomic mass is 16.7. The molecule has 6 heteroatoms. The molecule has 0 N–H and O–H groups in total. The number of ether oxygens (including phenoxy) is 2. The van der Waals surface area contributed by atoms with E-state index in [0.29, 0.717) is 68.2 Å². The van der Waals surface area contributed by atoms with Crippen LogP contribution in [0.5, 0.6) is 0 Å². The van der Waals surface area contributed by atoms with E-state index >= 15 is 0 Å². The van der Waals surface area contributed by atoms with Crippen LogP contribution in [0.25, 0.3) is 0 Å². The summed E-state index contributed by atoms with van der Waals surface area (Å²) in [6.07, 6.45) is 3.43. The van der Waals surface area contributed by atoms with Crippen LogP contribution in [-0.2, 0) is 15.9 Å². The summed E-state index contributed by atoms with van der Waals surface area (Å²) in [6.45, 7) is 4.22. The number of furan rings is 1. The van der Waals surface area contributed by atoms with E-state index in [1.807, 2.05) is 6.92 Å². The molecule has 23 heavy (non-hydrogen) atoms. The molecule has 0 bridgehead atoms. The summed E-state index contributed by atoms with van der Waals surface area (Å²) in [5.41, 5.74) is 1.33. The molecular weight excluding hydrogens is 298 g/mol. The molecule has 3 heterocycles. The first-order valence-electron chi connectivity index (χ1n) is 8.32. The topological polar surface area (TPSA) is 69.0 Å². The lowest BCUT2D eigenvalue weighted by molar-refractivity contribution is -0.181. The van der Waals surface area contributed by atoms with Gasteiger partial charge in [-0.25, -0.2) is 0 Å². The fraction of sp³-hybridized carbons (Fsp3) is 0.647. The highest BCUT2D eigenvalue weighted by Gasteiger charge is 2.42. The number of hydrogen-bond donors (Lipinski definition) is 0. The van der Waals surface area contributed by atoms with Crippen molar-refractivity contribution in [3.8, 4) is 0 Å². The van der Waals surface area contributed by atoms with Crippen LogP contribution >= 0.6 is 0 Å². The van der Waals surface area contributed by atoms with Crippen molar-refractivity contribution in [3.05, 3.63) is 22.6 Å². The number of carbonyl (C=O) groups excluding carboxylic acids is 2. The molecule has 0 saturated carbocycles. The van der Waals surface area contributed by atoms with Crippen LogP contribution in [0.1, 0.15) is 57.9 Å². The van der Waals surface area contributed by atoms with Crippen LogP contribution in [0, 0.1) is 6.92 Å². The molecule has 1 amide bonds. The van der Waals surface area contributed by atoms with Crippen molar-refractivity contribution < 1.29 is 23.5 Å². The van der Waals surface area contributed by atoms with Gasteiger partial charge in [-0.2, -0.15) is 0 Å². The van der Waals surface area contributed by atoms with Crippen LogP contribution in [-0.4, -0.2) is 48.7 Å². The number of carbonyl (C=O) groups is 2. The summed E-state index contributed by atoms with van der Waals surface area (Å²) < 4.78 is 17.1. The van der Waals surface area contributed by atoms with E-state index in [1.165, 1.54) is 0 Å². The number of piperidine rings is 1. The average molecular weight is 319 g/mol. The molecule has 1 aliphatic carbocycles. The zero-order chi connectivity index (χ0) is 16.0. The standard InChI is InChI=1S/C17H21NO5/c1-11-14-12(19)3-2-4-13(14)23-15(11)16(20)18-7-5-17(6-8-18)21-9-10-22-17/h2-10H2,1H3. The van der Waals surface area contributed by atoms with Crippen molar-refractivity contribution in [2.45, 2.75) is 44.8 Å². The Morgan fingerprint density at radius 3 is 2.48 bits per heavy atom. The minimum atomic E-state index is -0.496. The van der Waals surface area contributed by atoms with Gasteiger partial charge in [-0.05, 0) is 13.3 Å². The fourth-order valence-electron chi connectivity index (χ4n) is 3.83. The number of likely N-dealkylation sites (tertiary alicyclic amines) is 1. The predicted octanol–water partition coefficient (Wildman–Crippen LogP) is 2.09. The van der Waals surface area contributed by atoms with Gasteiger partial charge in [0.05, 0.1) is 18.8 Å². The van der Waals surface area contributed by atoms with Crippen molar-refractivity contribution in [1.82, 2.24) is 4.90 Å². The molecule has 2 fully saturated rings. The van der Waals surface area contributed by atoms with Crippen LogP contribution in [0.3, 0.4) is 0 Å². The van der Waals surface area contributed by atoms with Gasteiger partial charge in [0.2, 0.25) is 0 Å². The molecule has 1 aromatic rings. The quantitative estimate of drug-likeness (QED) is 0.793. The first-order chi connectivity index (χ1) is 11.1. The maximum atomic E-state index is 12.8. The molecule has 124 valence electrons. The lowest BCUT2D eigenvalue weighted by Crippen LogP contribution is -2.47. The first kappa shape index (κ1) is 14.9. The molecule has 1 spiro atoms. The van der Waals surface area contributed by atoms with Crippen LogP contribution in [0.2, 0.25) is 0 Å². The molecule has 0 aromatic carbocycles. The number of rotatable bonds is 1. The summed E-state index contributed by atoms with van der Waals surface area (Å²) in [5.74, 6) is 0.478. The number of amides is 1. The first-order valence-corrected chi connectivity index (χ1v) is 8.32. The molecule has 0 radical (unpaired) electrons. The third kappa shape index (κ3) is 2.40. The van der Waals surface area contributed by atoms with E-state index in [-0.39, 0.29) is 11.7 Å². The summed E-state index contributed by atoms with van der Waals surface area (Å²) in [5, 5.41) is 0. The average Bonchev–Trinajstić information content (AvgIpc) is 3.14. The van der Waals surface area contributed by atoms with Gasteiger partial charge in [0, 0.05) is 44.3 Å². The third-order valence-electron chi connectivity index (χ3n) is 5.13. The molecule has 0 atom stereocenters. The van der Waals surface area contributed by atoms with Gasteiger partial charge in [-0.1, -0.05) is 0 Å². The van der Waals surface area contributed by atoms with Gasteiger partial charge in [0.15, 0.2) is 17.3 Å². The van der Waals surface area contributed by atoms with Gasteiger partial charge < -0.3 is 18.8 Å². The number of hydrogen-bond acceptors (Lipinski definition) is 5. The zero-order valence-corrected chi connectivity index (χ0v) is 13.4. The third-order valence-corrected chi connectivity index (χ3v) is 5.13. The summed E-state index contributed by atoms with van der Waals surface area (Å²) in [6, 6.07) is 0. The normalized spacial score (nSPS) is 23.3. The summed E-state index contributed by atoms with van der Waals surface area (Å²) >= 11 is 0. The molecule has 1 aromatic heterocycles. The predicted molar refractivity (Wildman–Crippen MR) is 80.5 cm³/mol. The number of Topliss-reactive ketones (excluding diaryl/α,β-unsaturated/α-hetero) is 1.